The first-order valence-electron chi connectivity index (χ1n) is 8.85. The van der Waals surface area contributed by atoms with Crippen molar-refractivity contribution in [3.8, 4) is 0 Å². The molecular weight excluding hydrogens is 304 g/mol. The fraction of sp³-hybridized carbons (Fsp3) is 0.588. The fourth-order valence-electron chi connectivity index (χ4n) is 3.48. The highest BCUT2D eigenvalue weighted by molar-refractivity contribution is 5.99. The monoisotopic (exact) mass is 328 g/mol. The number of amides is 2. The summed E-state index contributed by atoms with van der Waals surface area (Å²) < 4.78 is 3.91. The lowest BCUT2D eigenvalue weighted by molar-refractivity contribution is 0.262. The average Bonchev–Trinajstić information content (AvgIpc) is 2.97. The summed E-state index contributed by atoms with van der Waals surface area (Å²) in [5.41, 5.74) is 1.43. The summed E-state index contributed by atoms with van der Waals surface area (Å²) in [6.07, 6.45) is 14.6. The number of aromatic nitrogens is 4. The smallest absolute Gasteiger partial charge is 0.305 e. The number of hydrogen-bond donors (Lipinski definition) is 2. The zero-order valence-corrected chi connectivity index (χ0v) is 14.0. The van der Waals surface area contributed by atoms with Gasteiger partial charge in [-0.2, -0.15) is 10.2 Å². The van der Waals surface area contributed by atoms with Crippen LogP contribution in [-0.4, -0.2) is 25.6 Å². The zero-order valence-electron chi connectivity index (χ0n) is 14.0. The summed E-state index contributed by atoms with van der Waals surface area (Å²) in [6, 6.07) is 0.610. The van der Waals surface area contributed by atoms with Crippen LogP contribution in [0.25, 0.3) is 0 Å². The number of hydrogen-bond acceptors (Lipinski definition) is 3. The molecule has 2 N–H and O–H groups in total. The Labute approximate surface area is 141 Å². The van der Waals surface area contributed by atoms with Gasteiger partial charge >= 0.3 is 6.03 Å². The van der Waals surface area contributed by atoms with Crippen molar-refractivity contribution in [3.05, 3.63) is 24.8 Å². The topological polar surface area (TPSA) is 76.8 Å². The number of rotatable bonds is 5. The van der Waals surface area contributed by atoms with Gasteiger partial charge in [-0.25, -0.2) is 4.79 Å². The molecule has 2 aliphatic carbocycles. The molecule has 0 aliphatic heterocycles. The van der Waals surface area contributed by atoms with Crippen LogP contribution in [-0.2, 0) is 0 Å². The van der Waals surface area contributed by atoms with Crippen LogP contribution in [0.1, 0.15) is 57.5 Å². The second kappa shape index (κ2) is 6.30. The molecule has 1 atom stereocenters. The van der Waals surface area contributed by atoms with Gasteiger partial charge in [-0.05, 0) is 38.5 Å². The van der Waals surface area contributed by atoms with Crippen LogP contribution in [0.3, 0.4) is 0 Å². The Bertz CT molecular complexity index is 666. The van der Waals surface area contributed by atoms with Gasteiger partial charge in [0.2, 0.25) is 0 Å². The van der Waals surface area contributed by atoms with Crippen molar-refractivity contribution in [2.75, 3.05) is 10.6 Å². The normalized spacial score (nSPS) is 19.4. The van der Waals surface area contributed by atoms with E-state index in [4.69, 9.17) is 0 Å². The van der Waals surface area contributed by atoms with Crippen molar-refractivity contribution in [2.45, 2.75) is 57.5 Å². The largest absolute Gasteiger partial charge is 0.323 e. The summed E-state index contributed by atoms with van der Waals surface area (Å²) >= 11 is 0. The van der Waals surface area contributed by atoms with Crippen LogP contribution < -0.4 is 10.6 Å². The van der Waals surface area contributed by atoms with Gasteiger partial charge in [0.25, 0.3) is 0 Å². The molecule has 7 nitrogen and oxygen atoms in total. The van der Waals surface area contributed by atoms with E-state index in [9.17, 15) is 4.79 Å². The Balaban J connectivity index is 1.33. The zero-order chi connectivity index (χ0) is 16.5. The van der Waals surface area contributed by atoms with Crippen molar-refractivity contribution in [1.29, 1.82) is 0 Å². The second-order valence-electron chi connectivity index (χ2n) is 7.01. The first kappa shape index (κ1) is 15.2. The number of nitrogens with zero attached hydrogens (tertiary/aromatic N) is 4. The number of urea groups is 1. The maximum Gasteiger partial charge on any atom is 0.323 e. The molecule has 2 aromatic heterocycles. The fourth-order valence-corrected chi connectivity index (χ4v) is 3.48. The van der Waals surface area contributed by atoms with Crippen molar-refractivity contribution in [3.63, 3.8) is 0 Å². The first-order chi connectivity index (χ1) is 11.7. The van der Waals surface area contributed by atoms with Gasteiger partial charge in [-0.1, -0.05) is 12.8 Å². The number of carbonyl (C=O) groups excluding carboxylic acids is 1. The molecule has 2 aromatic rings. The van der Waals surface area contributed by atoms with E-state index in [2.05, 4.69) is 27.8 Å². The summed E-state index contributed by atoms with van der Waals surface area (Å²) in [4.78, 5) is 12.1. The SMILES string of the molecule is CC(C1CC1)n1cc(NC(=O)Nc2cnn(C3CCCC3)c2)cn1. The maximum atomic E-state index is 12.1. The Morgan fingerprint density at radius 1 is 1.08 bits per heavy atom. The van der Waals surface area contributed by atoms with E-state index in [0.717, 1.165) is 11.6 Å². The van der Waals surface area contributed by atoms with Crippen LogP contribution in [0.4, 0.5) is 16.2 Å². The summed E-state index contributed by atoms with van der Waals surface area (Å²) in [6.45, 7) is 2.17. The van der Waals surface area contributed by atoms with Crippen LogP contribution in [0.15, 0.2) is 24.8 Å². The highest BCUT2D eigenvalue weighted by Crippen LogP contribution is 2.39. The lowest BCUT2D eigenvalue weighted by Crippen LogP contribution is -2.19. The molecule has 1 unspecified atom stereocenters. The van der Waals surface area contributed by atoms with Gasteiger partial charge in [0, 0.05) is 12.4 Å². The molecule has 0 bridgehead atoms. The van der Waals surface area contributed by atoms with Crippen molar-refractivity contribution in [1.82, 2.24) is 19.6 Å². The van der Waals surface area contributed by atoms with Crippen LogP contribution in [0.5, 0.6) is 0 Å². The van der Waals surface area contributed by atoms with Crippen LogP contribution in [0, 0.1) is 5.92 Å². The second-order valence-corrected chi connectivity index (χ2v) is 7.01. The minimum atomic E-state index is -0.264. The van der Waals surface area contributed by atoms with Crippen molar-refractivity contribution in [2.24, 2.45) is 5.92 Å². The number of nitrogens with one attached hydrogen (secondary N) is 2. The molecular formula is C17H24N6O. The highest BCUT2D eigenvalue weighted by atomic mass is 16.2. The lowest BCUT2D eigenvalue weighted by atomic mass is 10.2. The molecule has 2 aliphatic rings. The molecule has 24 heavy (non-hydrogen) atoms. The minimum absolute atomic E-state index is 0.264. The van der Waals surface area contributed by atoms with E-state index >= 15 is 0 Å². The third-order valence-electron chi connectivity index (χ3n) is 5.14. The Morgan fingerprint density at radius 3 is 2.46 bits per heavy atom. The first-order valence-corrected chi connectivity index (χ1v) is 8.85. The lowest BCUT2D eigenvalue weighted by Gasteiger charge is -2.09. The van der Waals surface area contributed by atoms with Gasteiger partial charge in [0.1, 0.15) is 0 Å². The standard InChI is InChI=1S/C17H24N6O/c1-12(13-6-7-13)22-10-14(8-18-22)20-17(24)21-15-9-19-23(11-15)16-4-2-3-5-16/h8-13,16H,2-7H2,1H3,(H2,20,21,24). The summed E-state index contributed by atoms with van der Waals surface area (Å²) in [5.74, 6) is 0.730. The molecule has 2 heterocycles. The minimum Gasteiger partial charge on any atom is -0.305 e. The number of anilines is 2. The van der Waals surface area contributed by atoms with Crippen molar-refractivity contribution < 1.29 is 4.79 Å². The summed E-state index contributed by atoms with van der Waals surface area (Å²) in [5, 5.41) is 14.4. The Hall–Kier alpha value is -2.31. The molecule has 0 radical (unpaired) electrons. The van der Waals surface area contributed by atoms with Gasteiger partial charge in [0.15, 0.2) is 0 Å². The summed E-state index contributed by atoms with van der Waals surface area (Å²) in [7, 11) is 0. The van der Waals surface area contributed by atoms with Gasteiger partial charge in [-0.3, -0.25) is 9.36 Å². The molecule has 2 fully saturated rings. The predicted octanol–water partition coefficient (Wildman–Crippen LogP) is 3.81. The molecule has 2 amide bonds. The van der Waals surface area contributed by atoms with E-state index in [-0.39, 0.29) is 6.03 Å². The van der Waals surface area contributed by atoms with E-state index in [0.29, 0.717) is 17.8 Å². The quantitative estimate of drug-likeness (QED) is 0.876. The van der Waals surface area contributed by atoms with Crippen molar-refractivity contribution >= 4 is 17.4 Å². The molecule has 2 saturated carbocycles. The number of carbonyl (C=O) groups is 1. The molecule has 0 aromatic carbocycles. The third-order valence-corrected chi connectivity index (χ3v) is 5.14. The van der Waals surface area contributed by atoms with Crippen LogP contribution >= 0.6 is 0 Å². The third kappa shape index (κ3) is 3.29. The molecule has 7 heteroatoms. The van der Waals surface area contributed by atoms with Gasteiger partial charge in [0.05, 0.1) is 35.9 Å². The molecule has 128 valence electrons. The predicted molar refractivity (Wildman–Crippen MR) is 92.0 cm³/mol. The van der Waals surface area contributed by atoms with Crippen LogP contribution in [0.2, 0.25) is 0 Å². The Morgan fingerprint density at radius 2 is 1.75 bits per heavy atom. The van der Waals surface area contributed by atoms with E-state index < -0.39 is 0 Å². The molecule has 0 saturated heterocycles. The molecule has 0 spiro atoms. The maximum absolute atomic E-state index is 12.1. The van der Waals surface area contributed by atoms with Gasteiger partial charge < -0.3 is 10.6 Å². The van der Waals surface area contributed by atoms with Gasteiger partial charge in [-0.15, -0.1) is 0 Å². The van der Waals surface area contributed by atoms with E-state index in [1.807, 2.05) is 21.8 Å². The highest BCUT2D eigenvalue weighted by Gasteiger charge is 2.29. The Kier molecular flexibility index (Phi) is 4.00. The van der Waals surface area contributed by atoms with E-state index in [1.165, 1.54) is 38.5 Å². The van der Waals surface area contributed by atoms with E-state index in [1.54, 1.807) is 12.4 Å². The average molecular weight is 328 g/mol. The molecule has 4 rings (SSSR count).